The molecule has 0 aliphatic rings. The molecule has 0 saturated heterocycles. The summed E-state index contributed by atoms with van der Waals surface area (Å²) in [6.07, 6.45) is 0. The molecule has 2 N–H and O–H groups in total. The summed E-state index contributed by atoms with van der Waals surface area (Å²) in [5.74, 6) is -1.21. The molecule has 1 aromatic carbocycles. The van der Waals surface area contributed by atoms with Crippen molar-refractivity contribution in [3.63, 3.8) is 0 Å². The van der Waals surface area contributed by atoms with Gasteiger partial charge in [0.2, 0.25) is 0 Å². The molecule has 0 aliphatic carbocycles. The van der Waals surface area contributed by atoms with Crippen LogP contribution in [0.4, 0.5) is 5.69 Å². The van der Waals surface area contributed by atoms with Crippen LogP contribution in [0.3, 0.4) is 0 Å². The summed E-state index contributed by atoms with van der Waals surface area (Å²) in [4.78, 5) is 37.1. The van der Waals surface area contributed by atoms with Crippen LogP contribution in [0.5, 0.6) is 5.75 Å². The van der Waals surface area contributed by atoms with Gasteiger partial charge in [0.15, 0.2) is 6.61 Å². The number of carbonyl (C=O) groups is 3. The average molecular weight is 390 g/mol. The number of hydrogen-bond acceptors (Lipinski definition) is 6. The van der Waals surface area contributed by atoms with Crippen LogP contribution in [-0.2, 0) is 14.3 Å². The SMILES string of the molecule is COc1ccccc1NC(=O)COC(=O)[C@@H](NC(=O)c1cccs1)C(C)C. The minimum absolute atomic E-state index is 0.196. The number of para-hydroxylation sites is 2. The monoisotopic (exact) mass is 390 g/mol. The molecule has 0 saturated carbocycles. The number of thiophene rings is 1. The van der Waals surface area contributed by atoms with Crippen LogP contribution in [0.2, 0.25) is 0 Å². The number of methoxy groups -OCH3 is 1. The Morgan fingerprint density at radius 1 is 1.11 bits per heavy atom. The lowest BCUT2D eigenvalue weighted by molar-refractivity contribution is -0.150. The van der Waals surface area contributed by atoms with Gasteiger partial charge in [-0.3, -0.25) is 9.59 Å². The second kappa shape index (κ2) is 9.72. The van der Waals surface area contributed by atoms with Crippen molar-refractivity contribution in [3.8, 4) is 5.75 Å². The molecule has 2 rings (SSSR count). The first-order chi connectivity index (χ1) is 12.9. The molecule has 0 fully saturated rings. The van der Waals surface area contributed by atoms with Gasteiger partial charge in [-0.05, 0) is 29.5 Å². The largest absolute Gasteiger partial charge is 0.495 e. The minimum atomic E-state index is -0.848. The fraction of sp³-hybridized carbons (Fsp3) is 0.316. The van der Waals surface area contributed by atoms with Crippen LogP contribution in [0, 0.1) is 5.92 Å². The van der Waals surface area contributed by atoms with Gasteiger partial charge in [0, 0.05) is 0 Å². The molecule has 7 nitrogen and oxygen atoms in total. The maximum Gasteiger partial charge on any atom is 0.329 e. The topological polar surface area (TPSA) is 93.7 Å². The molecule has 1 heterocycles. The van der Waals surface area contributed by atoms with Crippen LogP contribution in [0.25, 0.3) is 0 Å². The first-order valence-corrected chi connectivity index (χ1v) is 9.24. The van der Waals surface area contributed by atoms with Crippen molar-refractivity contribution in [2.75, 3.05) is 19.0 Å². The van der Waals surface area contributed by atoms with Crippen LogP contribution >= 0.6 is 11.3 Å². The average Bonchev–Trinajstić information content (AvgIpc) is 3.19. The Balaban J connectivity index is 1.91. The highest BCUT2D eigenvalue weighted by molar-refractivity contribution is 7.12. The number of carbonyl (C=O) groups excluding carboxylic acids is 3. The number of nitrogens with one attached hydrogen (secondary N) is 2. The summed E-state index contributed by atoms with van der Waals surface area (Å²) in [7, 11) is 1.49. The van der Waals surface area contributed by atoms with Crippen LogP contribution in [0.1, 0.15) is 23.5 Å². The summed E-state index contributed by atoms with van der Waals surface area (Å²) in [5, 5.41) is 7.05. The predicted octanol–water partition coefficient (Wildman–Crippen LogP) is 2.69. The fourth-order valence-corrected chi connectivity index (χ4v) is 2.91. The molecule has 8 heteroatoms. The van der Waals surface area contributed by atoms with E-state index in [2.05, 4.69) is 10.6 Å². The molecule has 27 heavy (non-hydrogen) atoms. The van der Waals surface area contributed by atoms with Crippen LogP contribution in [-0.4, -0.2) is 37.5 Å². The minimum Gasteiger partial charge on any atom is -0.495 e. The van der Waals surface area contributed by atoms with E-state index in [9.17, 15) is 14.4 Å². The Hall–Kier alpha value is -2.87. The molecule has 0 spiro atoms. The molecule has 0 unspecified atom stereocenters. The van der Waals surface area contributed by atoms with Crippen molar-refractivity contribution in [2.24, 2.45) is 5.92 Å². The Bertz CT molecular complexity index is 789. The van der Waals surface area contributed by atoms with Crippen LogP contribution < -0.4 is 15.4 Å². The lowest BCUT2D eigenvalue weighted by Gasteiger charge is -2.20. The molecule has 0 aliphatic heterocycles. The Morgan fingerprint density at radius 2 is 1.85 bits per heavy atom. The maximum absolute atomic E-state index is 12.3. The highest BCUT2D eigenvalue weighted by atomic mass is 32.1. The fourth-order valence-electron chi connectivity index (χ4n) is 2.28. The molecular weight excluding hydrogens is 368 g/mol. The van der Waals surface area contributed by atoms with E-state index >= 15 is 0 Å². The summed E-state index contributed by atoms with van der Waals surface area (Å²) >= 11 is 1.28. The smallest absolute Gasteiger partial charge is 0.329 e. The zero-order chi connectivity index (χ0) is 19.8. The third-order valence-electron chi connectivity index (χ3n) is 3.68. The Morgan fingerprint density at radius 3 is 2.48 bits per heavy atom. The molecule has 2 amide bonds. The summed E-state index contributed by atoms with van der Waals surface area (Å²) < 4.78 is 10.2. The zero-order valence-corrected chi connectivity index (χ0v) is 16.2. The van der Waals surface area contributed by atoms with Gasteiger partial charge in [0.1, 0.15) is 11.8 Å². The second-order valence-corrected chi connectivity index (χ2v) is 6.98. The number of amides is 2. The third kappa shape index (κ3) is 5.82. The molecule has 1 aromatic heterocycles. The standard InChI is InChI=1S/C19H22N2O5S/c1-12(2)17(21-18(23)15-9-6-10-27-15)19(24)26-11-16(22)20-13-7-4-5-8-14(13)25-3/h4-10,12,17H,11H2,1-3H3,(H,20,22)(H,21,23)/t17-/m0/s1. The van der Waals surface area contributed by atoms with Crippen molar-refractivity contribution >= 4 is 34.8 Å². The number of hydrogen-bond donors (Lipinski definition) is 2. The Kier molecular flexibility index (Phi) is 7.36. The summed E-state index contributed by atoms with van der Waals surface area (Å²) in [6, 6.07) is 9.48. The van der Waals surface area contributed by atoms with E-state index < -0.39 is 24.5 Å². The van der Waals surface area contributed by atoms with Gasteiger partial charge in [-0.2, -0.15) is 0 Å². The van der Waals surface area contributed by atoms with E-state index in [-0.39, 0.29) is 11.8 Å². The van der Waals surface area contributed by atoms with E-state index in [4.69, 9.17) is 9.47 Å². The lowest BCUT2D eigenvalue weighted by atomic mass is 10.0. The first-order valence-electron chi connectivity index (χ1n) is 8.36. The van der Waals surface area contributed by atoms with Gasteiger partial charge < -0.3 is 20.1 Å². The first kappa shape index (κ1) is 20.4. The van der Waals surface area contributed by atoms with Crippen molar-refractivity contribution in [2.45, 2.75) is 19.9 Å². The highest BCUT2D eigenvalue weighted by Crippen LogP contribution is 2.22. The number of ether oxygens (including phenoxy) is 2. The van der Waals surface area contributed by atoms with E-state index in [1.807, 2.05) is 0 Å². The van der Waals surface area contributed by atoms with Gasteiger partial charge in [0.25, 0.3) is 11.8 Å². The molecule has 144 valence electrons. The van der Waals surface area contributed by atoms with Gasteiger partial charge in [-0.15, -0.1) is 11.3 Å². The molecule has 2 aromatic rings. The Labute approximate surface area is 161 Å². The van der Waals surface area contributed by atoms with Crippen molar-refractivity contribution in [1.29, 1.82) is 0 Å². The third-order valence-corrected chi connectivity index (χ3v) is 4.55. The van der Waals surface area contributed by atoms with Gasteiger partial charge in [-0.1, -0.05) is 32.0 Å². The van der Waals surface area contributed by atoms with E-state index in [1.165, 1.54) is 18.4 Å². The van der Waals surface area contributed by atoms with Gasteiger partial charge in [0.05, 0.1) is 17.7 Å². The highest BCUT2D eigenvalue weighted by Gasteiger charge is 2.27. The zero-order valence-electron chi connectivity index (χ0n) is 15.4. The summed E-state index contributed by atoms with van der Waals surface area (Å²) in [5.41, 5.74) is 0.479. The summed E-state index contributed by atoms with van der Waals surface area (Å²) in [6.45, 7) is 3.11. The van der Waals surface area contributed by atoms with E-state index in [1.54, 1.807) is 55.6 Å². The number of benzene rings is 1. The van der Waals surface area contributed by atoms with Crippen LogP contribution in [0.15, 0.2) is 41.8 Å². The quantitative estimate of drug-likeness (QED) is 0.676. The normalized spacial score (nSPS) is 11.6. The van der Waals surface area contributed by atoms with Crippen molar-refractivity contribution in [1.82, 2.24) is 5.32 Å². The second-order valence-electron chi connectivity index (χ2n) is 6.03. The van der Waals surface area contributed by atoms with Crippen molar-refractivity contribution < 1.29 is 23.9 Å². The number of rotatable bonds is 8. The number of anilines is 1. The molecule has 0 bridgehead atoms. The molecule has 1 atom stereocenters. The lowest BCUT2D eigenvalue weighted by Crippen LogP contribution is -2.45. The molecule has 0 radical (unpaired) electrons. The molecular formula is C19H22N2O5S. The number of esters is 1. The van der Waals surface area contributed by atoms with E-state index in [0.29, 0.717) is 16.3 Å². The predicted molar refractivity (Wildman–Crippen MR) is 103 cm³/mol. The van der Waals surface area contributed by atoms with Gasteiger partial charge >= 0.3 is 5.97 Å². The van der Waals surface area contributed by atoms with Gasteiger partial charge in [-0.25, -0.2) is 4.79 Å². The maximum atomic E-state index is 12.3. The van der Waals surface area contributed by atoms with E-state index in [0.717, 1.165) is 0 Å². The van der Waals surface area contributed by atoms with Crippen molar-refractivity contribution in [3.05, 3.63) is 46.7 Å².